The second kappa shape index (κ2) is 12.8. The molecule has 4 fully saturated rings. The summed E-state index contributed by atoms with van der Waals surface area (Å²) in [6.45, 7) is 1.09. The molecule has 0 aromatic heterocycles. The van der Waals surface area contributed by atoms with E-state index in [-0.39, 0.29) is 36.5 Å². The second-order valence-electron chi connectivity index (χ2n) is 12.3. The van der Waals surface area contributed by atoms with Gasteiger partial charge in [-0.05, 0) is 56.9 Å². The molecule has 12 nitrogen and oxygen atoms in total. The number of nitrogens with one attached hydrogen (secondary N) is 2. The van der Waals surface area contributed by atoms with Gasteiger partial charge in [-0.1, -0.05) is 41.8 Å². The zero-order valence-corrected chi connectivity index (χ0v) is 26.1. The van der Waals surface area contributed by atoms with Crippen LogP contribution in [0.15, 0.2) is 59.5 Å². The molecule has 0 spiro atoms. The fraction of sp³-hybridized carbons (Fsp3) is 0.455. The molecule has 46 heavy (non-hydrogen) atoms. The van der Waals surface area contributed by atoms with Gasteiger partial charge in [0.2, 0.25) is 21.8 Å². The summed E-state index contributed by atoms with van der Waals surface area (Å²) in [5, 5.41) is 5.49. The minimum atomic E-state index is -4.21. The van der Waals surface area contributed by atoms with Crippen LogP contribution in [-0.2, 0) is 29.1 Å². The number of carbonyl (C=O) groups excluding carboxylic acids is 4. The van der Waals surface area contributed by atoms with Gasteiger partial charge in [-0.2, -0.15) is 4.31 Å². The van der Waals surface area contributed by atoms with Crippen molar-refractivity contribution in [2.75, 3.05) is 18.0 Å². The second-order valence-corrected chi connectivity index (χ2v) is 14.3. The molecular formula is C33H36N4O8S. The van der Waals surface area contributed by atoms with Crippen LogP contribution in [0.2, 0.25) is 0 Å². The number of carbonyl (C=O) groups is 4. The van der Waals surface area contributed by atoms with Crippen molar-refractivity contribution in [3.63, 3.8) is 0 Å². The van der Waals surface area contributed by atoms with Crippen molar-refractivity contribution in [2.45, 2.75) is 68.2 Å². The van der Waals surface area contributed by atoms with Crippen molar-refractivity contribution in [1.82, 2.24) is 14.9 Å². The number of ether oxygens (including phenoxy) is 2. The van der Waals surface area contributed by atoms with Gasteiger partial charge >= 0.3 is 12.2 Å². The minimum Gasteiger partial charge on any atom is -0.442 e. The van der Waals surface area contributed by atoms with Gasteiger partial charge in [0, 0.05) is 31.0 Å². The van der Waals surface area contributed by atoms with E-state index in [4.69, 9.17) is 15.9 Å². The smallest absolute Gasteiger partial charge is 0.407 e. The lowest BCUT2D eigenvalue weighted by Crippen LogP contribution is -2.56. The Kier molecular flexibility index (Phi) is 8.76. The van der Waals surface area contributed by atoms with E-state index in [2.05, 4.69) is 16.6 Å². The summed E-state index contributed by atoms with van der Waals surface area (Å²) in [6.07, 6.45) is 4.75. The lowest BCUT2D eigenvalue weighted by Gasteiger charge is -2.42. The number of sulfonamides is 1. The maximum Gasteiger partial charge on any atom is 0.407 e. The van der Waals surface area contributed by atoms with E-state index in [1.54, 1.807) is 42.5 Å². The third-order valence-corrected chi connectivity index (χ3v) is 10.7. The normalized spacial score (nSPS) is 25.8. The summed E-state index contributed by atoms with van der Waals surface area (Å²) in [4.78, 5) is 55.2. The van der Waals surface area contributed by atoms with E-state index in [1.165, 1.54) is 12.1 Å². The number of fused-ring (bicyclic) bond motifs is 1. The molecule has 1 aliphatic heterocycles. The van der Waals surface area contributed by atoms with Crippen LogP contribution in [0.5, 0.6) is 0 Å². The molecule has 0 unspecified atom stereocenters. The molecule has 2 aromatic carbocycles. The zero-order chi connectivity index (χ0) is 32.6. The van der Waals surface area contributed by atoms with Crippen molar-refractivity contribution < 1.29 is 37.1 Å². The van der Waals surface area contributed by atoms with Crippen molar-refractivity contribution >= 4 is 39.7 Å². The number of benzene rings is 2. The average molecular weight is 649 g/mol. The van der Waals surface area contributed by atoms with Crippen molar-refractivity contribution in [1.29, 1.82) is 0 Å². The van der Waals surface area contributed by atoms with Gasteiger partial charge in [-0.15, -0.1) is 6.42 Å². The van der Waals surface area contributed by atoms with Gasteiger partial charge in [-0.25, -0.2) is 18.0 Å². The van der Waals surface area contributed by atoms with Gasteiger partial charge in [-0.3, -0.25) is 14.5 Å². The van der Waals surface area contributed by atoms with E-state index in [1.807, 2.05) is 6.92 Å². The molecule has 2 aromatic rings. The minimum absolute atomic E-state index is 0.0130. The lowest BCUT2D eigenvalue weighted by atomic mass is 9.70. The van der Waals surface area contributed by atoms with Crippen molar-refractivity contribution in [3.05, 3.63) is 60.2 Å². The number of para-hydroxylation sites is 1. The molecule has 0 bridgehead atoms. The number of rotatable bonds is 10. The molecule has 3 saturated carbocycles. The van der Waals surface area contributed by atoms with Crippen LogP contribution >= 0.6 is 0 Å². The highest BCUT2D eigenvalue weighted by molar-refractivity contribution is 7.89. The van der Waals surface area contributed by atoms with Crippen LogP contribution in [0.4, 0.5) is 15.3 Å². The molecule has 2 N–H and O–H groups in total. The molecule has 4 amide bonds. The highest BCUT2D eigenvalue weighted by Crippen LogP contribution is 2.46. The molecule has 1 heterocycles. The van der Waals surface area contributed by atoms with Crippen LogP contribution in [0, 0.1) is 37.0 Å². The fourth-order valence-corrected chi connectivity index (χ4v) is 7.62. The maximum atomic E-state index is 14.2. The predicted molar refractivity (Wildman–Crippen MR) is 166 cm³/mol. The molecular weight excluding hydrogens is 612 g/mol. The van der Waals surface area contributed by atoms with E-state index < -0.39 is 64.0 Å². The quantitative estimate of drug-likeness (QED) is 0.295. The fourth-order valence-electron chi connectivity index (χ4n) is 6.23. The van der Waals surface area contributed by atoms with Gasteiger partial charge in [0.15, 0.2) is 0 Å². The number of nitrogens with zero attached hydrogens (tertiary/aromatic N) is 2. The topological polar surface area (TPSA) is 151 Å². The Labute approximate surface area is 267 Å². The lowest BCUT2D eigenvalue weighted by molar-refractivity contribution is -0.137. The first-order valence-corrected chi connectivity index (χ1v) is 16.9. The van der Waals surface area contributed by atoms with Crippen LogP contribution in [-0.4, -0.2) is 74.1 Å². The molecule has 0 radical (unpaired) electrons. The highest BCUT2D eigenvalue weighted by Gasteiger charge is 2.60. The average Bonchev–Trinajstić information content (AvgIpc) is 3.96. The summed E-state index contributed by atoms with van der Waals surface area (Å²) < 4.78 is 40.7. The Hall–Kier alpha value is -4.41. The van der Waals surface area contributed by atoms with E-state index in [0.29, 0.717) is 5.69 Å². The van der Waals surface area contributed by atoms with Gasteiger partial charge in [0.25, 0.3) is 0 Å². The third-order valence-electron chi connectivity index (χ3n) is 8.87. The number of aryl methyl sites for hydroxylation is 1. The SMILES string of the molecule is C#CCN(C[C@H]1[C@H](OC(=O)NC2CC2)[C@H](OC(=O)NC2CC2)C[C@H]2C(=O)N(c3ccccc3)C(=O)[C@@H]12)S(=O)(=O)c1ccc(C)cc1. The number of hydrogen-bond acceptors (Lipinski definition) is 8. The predicted octanol–water partition coefficient (Wildman–Crippen LogP) is 2.96. The van der Waals surface area contributed by atoms with Crippen LogP contribution in [0.1, 0.15) is 37.7 Å². The van der Waals surface area contributed by atoms with Crippen LogP contribution in [0.25, 0.3) is 0 Å². The summed E-state index contributed by atoms with van der Waals surface area (Å²) >= 11 is 0. The van der Waals surface area contributed by atoms with Gasteiger partial charge in [0.05, 0.1) is 29.0 Å². The van der Waals surface area contributed by atoms with E-state index in [9.17, 15) is 27.6 Å². The first-order chi connectivity index (χ1) is 22.1. The largest absolute Gasteiger partial charge is 0.442 e. The molecule has 1 saturated heterocycles. The summed E-state index contributed by atoms with van der Waals surface area (Å²) in [6, 6.07) is 14.5. The number of hydrogen-bond donors (Lipinski definition) is 2. The Morgan fingerprint density at radius 2 is 1.54 bits per heavy atom. The standard InChI is InChI=1S/C33H36N4O8S/c1-3-17-36(46(42,43)24-15-9-20(2)10-16-24)19-26-28-25(30(38)37(31(28)39)23-7-5-4-6-8-23)18-27(44-32(40)34-21-11-12-21)29(26)45-33(41)35-22-13-14-22/h1,4-10,15-16,21-22,25-29H,11-14,17-19H2,2H3,(H,34,40)(H,35,41)/t25-,26-,27-,28-,29+/m1/s1. The third kappa shape index (κ3) is 6.59. The maximum absolute atomic E-state index is 14.2. The zero-order valence-electron chi connectivity index (χ0n) is 25.3. The number of anilines is 1. The van der Waals surface area contributed by atoms with Gasteiger partial charge < -0.3 is 20.1 Å². The number of terminal acetylenes is 1. The van der Waals surface area contributed by atoms with E-state index in [0.717, 1.165) is 40.5 Å². The van der Waals surface area contributed by atoms with Gasteiger partial charge in [0.1, 0.15) is 12.2 Å². The molecule has 242 valence electrons. The summed E-state index contributed by atoms with van der Waals surface area (Å²) in [5.74, 6) is -1.84. The number of amides is 4. The summed E-state index contributed by atoms with van der Waals surface area (Å²) in [7, 11) is -4.21. The van der Waals surface area contributed by atoms with Crippen molar-refractivity contribution in [2.24, 2.45) is 17.8 Å². The Bertz CT molecular complexity index is 1650. The molecule has 3 aliphatic carbocycles. The Morgan fingerprint density at radius 3 is 2.13 bits per heavy atom. The molecule has 13 heteroatoms. The first-order valence-electron chi connectivity index (χ1n) is 15.4. The number of alkyl carbamates (subject to hydrolysis) is 2. The molecule has 6 rings (SSSR count). The summed E-state index contributed by atoms with van der Waals surface area (Å²) in [5.41, 5.74) is 1.21. The first kappa shape index (κ1) is 31.6. The molecule has 5 atom stereocenters. The van der Waals surface area contributed by atoms with Crippen LogP contribution in [0.3, 0.4) is 0 Å². The highest BCUT2D eigenvalue weighted by atomic mass is 32.2. The van der Waals surface area contributed by atoms with E-state index >= 15 is 0 Å². The van der Waals surface area contributed by atoms with Crippen molar-refractivity contribution in [3.8, 4) is 12.3 Å². The van der Waals surface area contributed by atoms with Crippen LogP contribution < -0.4 is 15.5 Å². The monoisotopic (exact) mass is 648 g/mol. The number of imide groups is 1. The Morgan fingerprint density at radius 1 is 0.935 bits per heavy atom. The Balaban J connectivity index is 1.40. The molecule has 4 aliphatic rings.